The second kappa shape index (κ2) is 5.06. The van der Waals surface area contributed by atoms with E-state index in [-0.39, 0.29) is 11.2 Å². The Morgan fingerprint density at radius 2 is 1.83 bits per heavy atom. The van der Waals surface area contributed by atoms with Gasteiger partial charge in [-0.1, -0.05) is 53.2 Å². The zero-order valence-electron chi connectivity index (χ0n) is 10.7. The summed E-state index contributed by atoms with van der Waals surface area (Å²) in [7, 11) is 0. The van der Waals surface area contributed by atoms with E-state index in [4.69, 9.17) is 0 Å². The Bertz CT molecular complexity index is 538. The number of hydrogen-bond acceptors (Lipinski definition) is 2. The maximum atomic E-state index is 12.4. The zero-order chi connectivity index (χ0) is 13.3. The van der Waals surface area contributed by atoms with E-state index >= 15 is 0 Å². The van der Waals surface area contributed by atoms with Crippen molar-refractivity contribution < 1.29 is 4.79 Å². The molecule has 0 N–H and O–H groups in total. The van der Waals surface area contributed by atoms with Gasteiger partial charge in [0.2, 0.25) is 0 Å². The van der Waals surface area contributed by atoms with Gasteiger partial charge in [-0.05, 0) is 36.6 Å². The van der Waals surface area contributed by atoms with Crippen molar-refractivity contribution >= 4 is 33.5 Å². The van der Waals surface area contributed by atoms with E-state index in [1.807, 2.05) is 24.3 Å². The van der Waals surface area contributed by atoms with Crippen LogP contribution >= 0.6 is 27.7 Å². The summed E-state index contributed by atoms with van der Waals surface area (Å²) in [5.41, 5.74) is 1.99. The van der Waals surface area contributed by atoms with Gasteiger partial charge in [-0.3, -0.25) is 4.79 Å². The molecule has 1 aromatic rings. The number of halogens is 1. The minimum atomic E-state index is -0.0361. The van der Waals surface area contributed by atoms with E-state index < -0.39 is 0 Å². The van der Waals surface area contributed by atoms with Crippen LogP contribution in [0.5, 0.6) is 0 Å². The number of carbonyl (C=O) groups excluding carboxylic acids is 1. The molecule has 0 amide bonds. The van der Waals surface area contributed by atoms with Crippen LogP contribution in [0.1, 0.15) is 31.1 Å². The van der Waals surface area contributed by atoms with Crippen LogP contribution in [0.2, 0.25) is 0 Å². The zero-order valence-corrected chi connectivity index (χ0v) is 13.1. The van der Waals surface area contributed by atoms with Gasteiger partial charge in [0.15, 0.2) is 5.78 Å². The predicted molar refractivity (Wildman–Crippen MR) is 81.7 cm³/mol. The Balaban J connectivity index is 2.29. The second-order valence-electron chi connectivity index (χ2n) is 4.99. The number of thioether (sulfide) groups is 1. The molecule has 3 heteroatoms. The first-order valence-corrected chi connectivity index (χ1v) is 7.44. The number of allylic oxidation sites excluding steroid dienone is 3. The molecule has 0 fully saturated rings. The molecule has 0 atom stereocenters. The van der Waals surface area contributed by atoms with Crippen LogP contribution in [0.3, 0.4) is 0 Å². The lowest BCUT2D eigenvalue weighted by molar-refractivity contribution is 0.104. The van der Waals surface area contributed by atoms with Gasteiger partial charge in [-0.15, -0.1) is 0 Å². The maximum Gasteiger partial charge on any atom is 0.199 e. The molecule has 0 aromatic heterocycles. The number of carbonyl (C=O) groups is 1. The number of rotatable bonds is 2. The fourth-order valence-electron chi connectivity index (χ4n) is 1.64. The molecule has 94 valence electrons. The van der Waals surface area contributed by atoms with E-state index in [1.54, 1.807) is 0 Å². The van der Waals surface area contributed by atoms with Crippen LogP contribution in [0.4, 0.5) is 0 Å². The van der Waals surface area contributed by atoms with Gasteiger partial charge in [0.25, 0.3) is 0 Å². The molecule has 1 heterocycles. The third-order valence-electron chi connectivity index (χ3n) is 3.20. The highest BCUT2D eigenvalue weighted by Gasteiger charge is 2.25. The molecule has 1 aromatic carbocycles. The lowest BCUT2D eigenvalue weighted by Gasteiger charge is -2.26. The van der Waals surface area contributed by atoms with E-state index in [2.05, 4.69) is 48.2 Å². The highest BCUT2D eigenvalue weighted by Crippen LogP contribution is 2.39. The van der Waals surface area contributed by atoms with Crippen molar-refractivity contribution in [3.8, 4) is 0 Å². The molecule has 1 nitrogen and oxygen atoms in total. The smallest absolute Gasteiger partial charge is 0.199 e. The summed E-state index contributed by atoms with van der Waals surface area (Å²) < 4.78 is 0.986. The standard InChI is InChI=1S/C15H15BrOS/c1-10-9-18-13(8-15(10,2)3)14(17)11-4-6-12(16)7-5-11/h4-9H,1-3H3. The summed E-state index contributed by atoms with van der Waals surface area (Å²) in [6.07, 6.45) is 2.07. The Morgan fingerprint density at radius 1 is 1.22 bits per heavy atom. The Hall–Kier alpha value is -0.800. The molecule has 0 saturated heterocycles. The summed E-state index contributed by atoms with van der Waals surface area (Å²) in [6, 6.07) is 7.50. The van der Waals surface area contributed by atoms with Crippen LogP contribution in [-0.4, -0.2) is 5.78 Å². The first-order valence-electron chi connectivity index (χ1n) is 5.77. The molecular weight excluding hydrogens is 308 g/mol. The SMILES string of the molecule is CC1=CSC(C(=O)c2ccc(Br)cc2)=CC1(C)C. The number of hydrogen-bond donors (Lipinski definition) is 0. The van der Waals surface area contributed by atoms with Crippen LogP contribution in [0.15, 0.2) is 50.7 Å². The predicted octanol–water partition coefficient (Wildman–Crippen LogP) is 5.19. The first-order chi connectivity index (χ1) is 8.40. The highest BCUT2D eigenvalue weighted by molar-refractivity contribution is 9.10. The van der Waals surface area contributed by atoms with Gasteiger partial charge in [0.1, 0.15) is 0 Å². The number of benzene rings is 1. The van der Waals surface area contributed by atoms with Gasteiger partial charge in [0.05, 0.1) is 4.91 Å². The molecule has 0 unspecified atom stereocenters. The van der Waals surface area contributed by atoms with Gasteiger partial charge in [-0.2, -0.15) is 0 Å². The van der Waals surface area contributed by atoms with E-state index in [0.717, 1.165) is 14.9 Å². The van der Waals surface area contributed by atoms with E-state index in [9.17, 15) is 4.79 Å². The molecule has 0 spiro atoms. The largest absolute Gasteiger partial charge is 0.288 e. The van der Waals surface area contributed by atoms with Gasteiger partial charge in [0, 0.05) is 15.5 Å². The summed E-state index contributed by atoms with van der Waals surface area (Å²) >= 11 is 4.89. The molecule has 1 aliphatic rings. The number of ketones is 1. The van der Waals surface area contributed by atoms with Gasteiger partial charge < -0.3 is 0 Å². The molecule has 0 saturated carbocycles. The molecule has 0 bridgehead atoms. The van der Waals surface area contributed by atoms with Crippen LogP contribution in [0, 0.1) is 5.41 Å². The fourth-order valence-corrected chi connectivity index (χ4v) is 3.10. The summed E-state index contributed by atoms with van der Waals surface area (Å²) in [4.78, 5) is 13.2. The van der Waals surface area contributed by atoms with Crippen LogP contribution < -0.4 is 0 Å². The molecule has 2 rings (SSSR count). The summed E-state index contributed by atoms with van der Waals surface area (Å²) in [5.74, 6) is 0.101. The maximum absolute atomic E-state index is 12.4. The average Bonchev–Trinajstić information content (AvgIpc) is 2.33. The number of Topliss-reactive ketones (excluding diaryl/α,β-unsaturated/α-hetero) is 1. The lowest BCUT2D eigenvalue weighted by atomic mass is 9.85. The quantitative estimate of drug-likeness (QED) is 0.697. The normalized spacial score (nSPS) is 18.0. The van der Waals surface area contributed by atoms with Crippen LogP contribution in [-0.2, 0) is 0 Å². The first kappa shape index (κ1) is 13.6. The van der Waals surface area contributed by atoms with Crippen molar-refractivity contribution in [3.05, 3.63) is 56.3 Å². The summed E-state index contributed by atoms with van der Waals surface area (Å²) in [6.45, 7) is 6.37. The third kappa shape index (κ3) is 2.78. The average molecular weight is 323 g/mol. The van der Waals surface area contributed by atoms with Crippen molar-refractivity contribution in [1.29, 1.82) is 0 Å². The van der Waals surface area contributed by atoms with Crippen molar-refractivity contribution in [2.24, 2.45) is 5.41 Å². The Labute approximate surface area is 120 Å². The lowest BCUT2D eigenvalue weighted by Crippen LogP contribution is -2.15. The van der Waals surface area contributed by atoms with E-state index in [1.165, 1.54) is 17.3 Å². The minimum absolute atomic E-state index is 0.0361. The Kier molecular flexibility index (Phi) is 3.83. The van der Waals surface area contributed by atoms with Crippen molar-refractivity contribution in [3.63, 3.8) is 0 Å². The molecule has 18 heavy (non-hydrogen) atoms. The topological polar surface area (TPSA) is 17.1 Å². The molecular formula is C15H15BrOS. The third-order valence-corrected chi connectivity index (χ3v) is 4.76. The highest BCUT2D eigenvalue weighted by atomic mass is 79.9. The van der Waals surface area contributed by atoms with Gasteiger partial charge >= 0.3 is 0 Å². The monoisotopic (exact) mass is 322 g/mol. The van der Waals surface area contributed by atoms with E-state index in [0.29, 0.717) is 0 Å². The second-order valence-corrected chi connectivity index (χ2v) is 6.81. The molecule has 0 aliphatic carbocycles. The van der Waals surface area contributed by atoms with Gasteiger partial charge in [-0.25, -0.2) is 0 Å². The molecule has 1 aliphatic heterocycles. The molecule has 0 radical (unpaired) electrons. The van der Waals surface area contributed by atoms with Crippen molar-refractivity contribution in [1.82, 2.24) is 0 Å². The van der Waals surface area contributed by atoms with Crippen LogP contribution in [0.25, 0.3) is 0 Å². The minimum Gasteiger partial charge on any atom is -0.288 e. The summed E-state index contributed by atoms with van der Waals surface area (Å²) in [5, 5.41) is 2.08. The van der Waals surface area contributed by atoms with Crippen molar-refractivity contribution in [2.45, 2.75) is 20.8 Å². The Morgan fingerprint density at radius 3 is 2.39 bits per heavy atom. The fraction of sp³-hybridized carbons (Fsp3) is 0.267. The van der Waals surface area contributed by atoms with Crippen molar-refractivity contribution in [2.75, 3.05) is 0 Å².